The van der Waals surface area contributed by atoms with Crippen molar-refractivity contribution in [1.29, 1.82) is 0 Å². The topological polar surface area (TPSA) is 49.4 Å². The molecule has 1 N–H and O–H groups in total. The van der Waals surface area contributed by atoms with Crippen LogP contribution in [0, 0.1) is 17.0 Å². The third-order valence-electron chi connectivity index (χ3n) is 6.23. The number of likely N-dealkylation sites (tertiary alicyclic amines) is 1. The largest absolute Gasteiger partial charge is 0.323 e. The summed E-state index contributed by atoms with van der Waals surface area (Å²) in [5.74, 6) is -1.68. The number of anilines is 1. The quantitative estimate of drug-likeness (QED) is 0.845. The summed E-state index contributed by atoms with van der Waals surface area (Å²) in [5.41, 5.74) is -0.0304. The van der Waals surface area contributed by atoms with Crippen LogP contribution in [-0.4, -0.2) is 22.8 Å². The van der Waals surface area contributed by atoms with Gasteiger partial charge in [-0.25, -0.2) is 8.78 Å². The van der Waals surface area contributed by atoms with Gasteiger partial charge in [-0.2, -0.15) is 0 Å². The van der Waals surface area contributed by atoms with E-state index in [1.54, 1.807) is 0 Å². The molecule has 1 aliphatic heterocycles. The van der Waals surface area contributed by atoms with E-state index >= 15 is 0 Å². The van der Waals surface area contributed by atoms with E-state index in [2.05, 4.69) is 5.32 Å². The molecule has 4 rings (SSSR count). The lowest BCUT2D eigenvalue weighted by Gasteiger charge is -2.48. The van der Waals surface area contributed by atoms with Crippen molar-refractivity contribution in [2.75, 3.05) is 5.32 Å². The number of amides is 2. The van der Waals surface area contributed by atoms with Gasteiger partial charge in [0.1, 0.15) is 11.6 Å². The molecule has 1 saturated heterocycles. The van der Waals surface area contributed by atoms with Gasteiger partial charge >= 0.3 is 0 Å². The van der Waals surface area contributed by atoms with Gasteiger partial charge < -0.3 is 10.2 Å². The Morgan fingerprint density at radius 3 is 2.67 bits per heavy atom. The lowest BCUT2D eigenvalue weighted by molar-refractivity contribution is -0.140. The molecule has 2 aliphatic carbocycles. The number of allylic oxidation sites excluding steroid dienone is 1. The van der Waals surface area contributed by atoms with Crippen LogP contribution in [0.3, 0.4) is 0 Å². The van der Waals surface area contributed by atoms with E-state index < -0.39 is 17.0 Å². The zero-order valence-electron chi connectivity index (χ0n) is 15.3. The van der Waals surface area contributed by atoms with Crippen molar-refractivity contribution in [2.45, 2.75) is 63.8 Å². The van der Waals surface area contributed by atoms with Gasteiger partial charge in [0.25, 0.3) is 0 Å². The zero-order valence-corrected chi connectivity index (χ0v) is 15.3. The predicted octanol–water partition coefficient (Wildman–Crippen LogP) is 4.52. The van der Waals surface area contributed by atoms with Gasteiger partial charge in [-0.05, 0) is 50.7 Å². The Balaban J connectivity index is 1.66. The van der Waals surface area contributed by atoms with Gasteiger partial charge in [-0.1, -0.05) is 18.9 Å². The highest BCUT2D eigenvalue weighted by Crippen LogP contribution is 2.49. The van der Waals surface area contributed by atoms with Crippen molar-refractivity contribution in [3.8, 4) is 0 Å². The second kappa shape index (κ2) is 7.06. The van der Waals surface area contributed by atoms with Crippen molar-refractivity contribution in [3.05, 3.63) is 41.6 Å². The lowest BCUT2D eigenvalue weighted by atomic mass is 9.68. The Labute approximate surface area is 157 Å². The molecular weight excluding hydrogens is 350 g/mol. The molecule has 1 unspecified atom stereocenters. The number of carbonyl (C=O) groups is 2. The fourth-order valence-corrected chi connectivity index (χ4v) is 4.86. The van der Waals surface area contributed by atoms with Crippen LogP contribution >= 0.6 is 0 Å². The standard InChI is InChI=1S/C21H24F2N2O2/c22-14-8-9-17(16(23)13-14)24-20(27)21-11-4-3-7-18(21)25(19(26)10-12-21)15-5-1-2-6-15/h7-9,13,15H,1-6,10-12H2,(H,24,27). The first-order valence-electron chi connectivity index (χ1n) is 9.80. The Morgan fingerprint density at radius 1 is 1.15 bits per heavy atom. The van der Waals surface area contributed by atoms with Crippen molar-refractivity contribution >= 4 is 17.5 Å². The van der Waals surface area contributed by atoms with E-state index in [9.17, 15) is 18.4 Å². The molecule has 1 atom stereocenters. The molecule has 1 heterocycles. The second-order valence-corrected chi connectivity index (χ2v) is 7.84. The van der Waals surface area contributed by atoms with Crippen LogP contribution in [0.15, 0.2) is 30.0 Å². The van der Waals surface area contributed by atoms with Crippen molar-refractivity contribution in [3.63, 3.8) is 0 Å². The Morgan fingerprint density at radius 2 is 1.93 bits per heavy atom. The summed E-state index contributed by atoms with van der Waals surface area (Å²) in [7, 11) is 0. The number of halogens is 2. The van der Waals surface area contributed by atoms with Crippen LogP contribution < -0.4 is 5.32 Å². The fraction of sp³-hybridized carbons (Fsp3) is 0.524. The third kappa shape index (κ3) is 3.15. The highest BCUT2D eigenvalue weighted by atomic mass is 19.1. The van der Waals surface area contributed by atoms with Gasteiger partial charge in [0.05, 0.1) is 11.1 Å². The summed E-state index contributed by atoms with van der Waals surface area (Å²) in [6.45, 7) is 0. The fourth-order valence-electron chi connectivity index (χ4n) is 4.86. The molecule has 2 fully saturated rings. The van der Waals surface area contributed by atoms with E-state index in [1.807, 2.05) is 11.0 Å². The highest BCUT2D eigenvalue weighted by Gasteiger charge is 2.51. The SMILES string of the molecule is O=C1CCC2(C(=O)Nc3ccc(F)cc3F)CCCC=C2N1C1CCCC1. The minimum Gasteiger partial charge on any atom is -0.323 e. The number of piperidine rings is 1. The van der Waals surface area contributed by atoms with Crippen LogP contribution in [0.2, 0.25) is 0 Å². The number of carbonyl (C=O) groups excluding carboxylic acids is 2. The molecule has 2 amide bonds. The normalized spacial score (nSPS) is 25.9. The van der Waals surface area contributed by atoms with E-state index in [-0.39, 0.29) is 23.5 Å². The molecule has 4 nitrogen and oxygen atoms in total. The van der Waals surface area contributed by atoms with E-state index in [0.29, 0.717) is 19.3 Å². The molecule has 0 aromatic heterocycles. The Bertz CT molecular complexity index is 801. The average molecular weight is 374 g/mol. The van der Waals surface area contributed by atoms with Gasteiger partial charge in [0.15, 0.2) is 0 Å². The van der Waals surface area contributed by atoms with Crippen LogP contribution in [0.4, 0.5) is 14.5 Å². The summed E-state index contributed by atoms with van der Waals surface area (Å²) in [4.78, 5) is 27.9. The minimum atomic E-state index is -0.810. The molecule has 144 valence electrons. The maximum Gasteiger partial charge on any atom is 0.236 e. The van der Waals surface area contributed by atoms with Crippen LogP contribution in [0.5, 0.6) is 0 Å². The second-order valence-electron chi connectivity index (χ2n) is 7.84. The number of rotatable bonds is 3. The number of hydrogen-bond acceptors (Lipinski definition) is 2. The number of nitrogens with one attached hydrogen (secondary N) is 1. The molecular formula is C21H24F2N2O2. The maximum atomic E-state index is 14.1. The highest BCUT2D eigenvalue weighted by molar-refractivity contribution is 5.99. The van der Waals surface area contributed by atoms with Crippen LogP contribution in [0.25, 0.3) is 0 Å². The molecule has 1 aromatic carbocycles. The Hall–Kier alpha value is -2.24. The summed E-state index contributed by atoms with van der Waals surface area (Å²) in [6, 6.07) is 3.30. The van der Waals surface area contributed by atoms with E-state index in [4.69, 9.17) is 0 Å². The van der Waals surface area contributed by atoms with Crippen LogP contribution in [0.1, 0.15) is 57.8 Å². The number of fused-ring (bicyclic) bond motifs is 1. The minimum absolute atomic E-state index is 0.0231. The number of hydrogen-bond donors (Lipinski definition) is 1. The first-order chi connectivity index (χ1) is 13.0. The van der Waals surface area contributed by atoms with E-state index in [0.717, 1.165) is 56.4 Å². The zero-order chi connectivity index (χ0) is 19.0. The van der Waals surface area contributed by atoms with Crippen molar-refractivity contribution in [1.82, 2.24) is 4.90 Å². The molecule has 27 heavy (non-hydrogen) atoms. The van der Waals surface area contributed by atoms with Crippen molar-refractivity contribution in [2.24, 2.45) is 5.41 Å². The summed E-state index contributed by atoms with van der Waals surface area (Å²) >= 11 is 0. The smallest absolute Gasteiger partial charge is 0.236 e. The van der Waals surface area contributed by atoms with Gasteiger partial charge in [-0.3, -0.25) is 9.59 Å². The molecule has 1 saturated carbocycles. The first kappa shape index (κ1) is 18.1. The summed E-state index contributed by atoms with van der Waals surface area (Å²) in [6.07, 6.45) is 9.26. The molecule has 0 radical (unpaired) electrons. The summed E-state index contributed by atoms with van der Waals surface area (Å²) in [5, 5.41) is 2.66. The van der Waals surface area contributed by atoms with E-state index in [1.165, 1.54) is 6.07 Å². The molecule has 0 bridgehead atoms. The monoisotopic (exact) mass is 374 g/mol. The van der Waals surface area contributed by atoms with Gasteiger partial charge in [0.2, 0.25) is 11.8 Å². The Kier molecular flexibility index (Phi) is 4.74. The maximum absolute atomic E-state index is 14.1. The van der Waals surface area contributed by atoms with Crippen LogP contribution in [-0.2, 0) is 9.59 Å². The third-order valence-corrected chi connectivity index (χ3v) is 6.23. The number of nitrogens with zero attached hydrogens (tertiary/aromatic N) is 1. The van der Waals surface area contributed by atoms with Gasteiger partial charge in [0, 0.05) is 24.2 Å². The molecule has 1 aromatic rings. The predicted molar refractivity (Wildman–Crippen MR) is 97.7 cm³/mol. The molecule has 3 aliphatic rings. The molecule has 0 spiro atoms. The first-order valence-corrected chi connectivity index (χ1v) is 9.80. The lowest BCUT2D eigenvalue weighted by Crippen LogP contribution is -2.53. The molecule has 6 heteroatoms. The number of benzene rings is 1. The van der Waals surface area contributed by atoms with Crippen molar-refractivity contribution < 1.29 is 18.4 Å². The van der Waals surface area contributed by atoms with Gasteiger partial charge in [-0.15, -0.1) is 0 Å². The average Bonchev–Trinajstić information content (AvgIpc) is 3.18. The summed E-state index contributed by atoms with van der Waals surface area (Å²) < 4.78 is 27.2.